The maximum Gasteiger partial charge on any atom is 0.423 e. The van der Waals surface area contributed by atoms with E-state index >= 15 is 0 Å². The predicted octanol–water partition coefficient (Wildman–Crippen LogP) is 2.15. The van der Waals surface area contributed by atoms with E-state index in [4.69, 9.17) is 20.3 Å². The molecule has 1 saturated heterocycles. The van der Waals surface area contributed by atoms with Gasteiger partial charge in [0, 0.05) is 30.4 Å². The number of nitrogens with one attached hydrogen (secondary N) is 3. The fourth-order valence-corrected chi connectivity index (χ4v) is 3.71. The number of rotatable bonds is 5. The Bertz CT molecular complexity index is 1060. The minimum absolute atomic E-state index is 0.0190. The summed E-state index contributed by atoms with van der Waals surface area (Å²) in [7, 11) is 0. The Balaban J connectivity index is 1.48. The van der Waals surface area contributed by atoms with Crippen LogP contribution in [0.4, 0.5) is 19.1 Å². The number of alkyl halides is 3. The first-order valence-corrected chi connectivity index (χ1v) is 10.1. The summed E-state index contributed by atoms with van der Waals surface area (Å²) in [5, 5.41) is 28.7. The van der Waals surface area contributed by atoms with Gasteiger partial charge in [0.15, 0.2) is 0 Å². The van der Waals surface area contributed by atoms with E-state index in [0.29, 0.717) is 19.0 Å². The maximum atomic E-state index is 13.3. The number of nitrogens with zero attached hydrogens (tertiary/aromatic N) is 4. The van der Waals surface area contributed by atoms with Gasteiger partial charge in [-0.05, 0) is 19.3 Å². The van der Waals surface area contributed by atoms with Crippen molar-refractivity contribution in [1.82, 2.24) is 19.5 Å². The van der Waals surface area contributed by atoms with Crippen LogP contribution in [0, 0.1) is 16.7 Å². The number of hydrogen-bond acceptors (Lipinski definition) is 9. The SMILES string of the molecule is N=C([C@H]1CCC[C@@H](Nc2ncc(C(F)(F)F)c(OC3COC3)n2)C1)n1ccc(O)nc1=N. The highest BCUT2D eigenvalue weighted by Crippen LogP contribution is 2.36. The van der Waals surface area contributed by atoms with Gasteiger partial charge >= 0.3 is 6.18 Å². The van der Waals surface area contributed by atoms with Gasteiger partial charge in [0.1, 0.15) is 17.5 Å². The van der Waals surface area contributed by atoms with Crippen molar-refractivity contribution < 1.29 is 27.8 Å². The van der Waals surface area contributed by atoms with Crippen molar-refractivity contribution in [2.45, 2.75) is 44.0 Å². The van der Waals surface area contributed by atoms with E-state index in [1.54, 1.807) is 0 Å². The Morgan fingerprint density at radius 2 is 2.06 bits per heavy atom. The second-order valence-corrected chi connectivity index (χ2v) is 7.76. The highest BCUT2D eigenvalue weighted by atomic mass is 19.4. The average Bonchev–Trinajstić information content (AvgIpc) is 2.70. The van der Waals surface area contributed by atoms with Crippen molar-refractivity contribution in [3.63, 3.8) is 0 Å². The topological polar surface area (TPSA) is 142 Å². The van der Waals surface area contributed by atoms with E-state index in [1.165, 1.54) is 16.8 Å². The molecule has 1 aliphatic heterocycles. The number of halogens is 3. The number of aromatic nitrogens is 4. The summed E-state index contributed by atoms with van der Waals surface area (Å²) in [6.07, 6.45) is -0.285. The molecule has 0 aromatic carbocycles. The van der Waals surface area contributed by atoms with Crippen molar-refractivity contribution in [1.29, 1.82) is 10.8 Å². The fourth-order valence-electron chi connectivity index (χ4n) is 3.71. The first-order valence-electron chi connectivity index (χ1n) is 10.1. The Morgan fingerprint density at radius 3 is 2.72 bits per heavy atom. The molecule has 0 bridgehead atoms. The maximum absolute atomic E-state index is 13.3. The predicted molar refractivity (Wildman–Crippen MR) is 105 cm³/mol. The van der Waals surface area contributed by atoms with Gasteiger partial charge in [-0.25, -0.2) is 4.98 Å². The Morgan fingerprint density at radius 1 is 1.28 bits per heavy atom. The minimum atomic E-state index is -4.65. The zero-order chi connectivity index (χ0) is 22.9. The molecule has 3 heterocycles. The summed E-state index contributed by atoms with van der Waals surface area (Å²) >= 11 is 0. The molecule has 2 fully saturated rings. The van der Waals surface area contributed by atoms with Crippen LogP contribution < -0.4 is 15.7 Å². The Labute approximate surface area is 180 Å². The highest BCUT2D eigenvalue weighted by molar-refractivity contribution is 5.83. The van der Waals surface area contributed by atoms with Gasteiger partial charge in [0.05, 0.1) is 13.2 Å². The molecular formula is C19H22F3N7O3. The van der Waals surface area contributed by atoms with Crippen LogP contribution in [-0.2, 0) is 10.9 Å². The monoisotopic (exact) mass is 453 g/mol. The molecule has 0 unspecified atom stereocenters. The molecule has 0 radical (unpaired) electrons. The second kappa shape index (κ2) is 8.73. The van der Waals surface area contributed by atoms with Gasteiger partial charge in [-0.1, -0.05) is 6.42 Å². The molecule has 1 saturated carbocycles. The van der Waals surface area contributed by atoms with Crippen molar-refractivity contribution in [3.05, 3.63) is 29.6 Å². The highest BCUT2D eigenvalue weighted by Gasteiger charge is 2.38. The lowest BCUT2D eigenvalue weighted by molar-refractivity contribution is -0.142. The zero-order valence-electron chi connectivity index (χ0n) is 16.9. The van der Waals surface area contributed by atoms with Gasteiger partial charge < -0.3 is 19.9 Å². The molecule has 2 atom stereocenters. The summed E-state index contributed by atoms with van der Waals surface area (Å²) in [6, 6.07) is 1.13. The molecule has 2 aromatic heterocycles. The molecule has 4 N–H and O–H groups in total. The molecule has 1 aliphatic carbocycles. The van der Waals surface area contributed by atoms with Crippen LogP contribution in [0.3, 0.4) is 0 Å². The van der Waals surface area contributed by atoms with Gasteiger partial charge in [-0.2, -0.15) is 23.1 Å². The molecule has 0 amide bonds. The number of hydrogen-bond donors (Lipinski definition) is 4. The third-order valence-corrected chi connectivity index (χ3v) is 5.42. The summed E-state index contributed by atoms with van der Waals surface area (Å²) in [5.74, 6) is -0.859. The molecule has 0 spiro atoms. The third-order valence-electron chi connectivity index (χ3n) is 5.42. The smallest absolute Gasteiger partial charge is 0.423 e. The molecular weight excluding hydrogens is 431 g/mol. The van der Waals surface area contributed by atoms with Crippen molar-refractivity contribution in [2.75, 3.05) is 18.5 Å². The molecule has 13 heteroatoms. The summed E-state index contributed by atoms with van der Waals surface area (Å²) in [5.41, 5.74) is -1.30. The van der Waals surface area contributed by atoms with Crippen molar-refractivity contribution >= 4 is 11.8 Å². The van der Waals surface area contributed by atoms with E-state index < -0.39 is 23.7 Å². The van der Waals surface area contributed by atoms with E-state index in [-0.39, 0.29) is 48.5 Å². The summed E-state index contributed by atoms with van der Waals surface area (Å²) in [6.45, 7) is 0.413. The minimum Gasteiger partial charge on any atom is -0.493 e. The number of anilines is 1. The Hall–Kier alpha value is -3.22. The zero-order valence-corrected chi connectivity index (χ0v) is 16.9. The fraction of sp³-hybridized carbons (Fsp3) is 0.526. The van der Waals surface area contributed by atoms with Crippen LogP contribution in [0.25, 0.3) is 0 Å². The van der Waals surface area contributed by atoms with Crippen LogP contribution in [0.15, 0.2) is 18.5 Å². The van der Waals surface area contributed by atoms with Gasteiger partial charge in [-0.15, -0.1) is 0 Å². The van der Waals surface area contributed by atoms with Crippen LogP contribution in [-0.4, -0.2) is 55.8 Å². The van der Waals surface area contributed by atoms with Crippen molar-refractivity contribution in [3.8, 4) is 11.8 Å². The lowest BCUT2D eigenvalue weighted by Gasteiger charge is -2.31. The van der Waals surface area contributed by atoms with Crippen LogP contribution >= 0.6 is 0 Å². The second-order valence-electron chi connectivity index (χ2n) is 7.76. The van der Waals surface area contributed by atoms with E-state index in [9.17, 15) is 18.3 Å². The van der Waals surface area contributed by atoms with Gasteiger partial charge in [-0.3, -0.25) is 15.4 Å². The Kier molecular flexibility index (Phi) is 6.00. The van der Waals surface area contributed by atoms with Crippen LogP contribution in [0.1, 0.15) is 31.2 Å². The average molecular weight is 453 g/mol. The lowest BCUT2D eigenvalue weighted by Crippen LogP contribution is -2.39. The molecule has 10 nitrogen and oxygen atoms in total. The van der Waals surface area contributed by atoms with Crippen LogP contribution in [0.2, 0.25) is 0 Å². The van der Waals surface area contributed by atoms with Crippen LogP contribution in [0.5, 0.6) is 11.8 Å². The first kappa shape index (κ1) is 22.0. The quantitative estimate of drug-likeness (QED) is 0.401. The van der Waals surface area contributed by atoms with Crippen molar-refractivity contribution in [2.24, 2.45) is 5.92 Å². The lowest BCUT2D eigenvalue weighted by atomic mass is 9.85. The molecule has 2 aliphatic rings. The third kappa shape index (κ3) is 4.82. The molecule has 4 rings (SSSR count). The molecule has 172 valence electrons. The summed E-state index contributed by atoms with van der Waals surface area (Å²) < 4.78 is 51.5. The summed E-state index contributed by atoms with van der Waals surface area (Å²) in [4.78, 5) is 11.4. The van der Waals surface area contributed by atoms with E-state index in [1.807, 2.05) is 0 Å². The van der Waals surface area contributed by atoms with E-state index in [2.05, 4.69) is 20.3 Å². The van der Waals surface area contributed by atoms with Gasteiger partial charge in [0.2, 0.25) is 23.3 Å². The standard InChI is InChI=1S/C19H22F3N7O3/c20-19(21,22)13-7-25-18(28-16(13)32-12-8-31-9-12)26-11-3-1-2-10(6-11)15(23)29-5-4-14(30)27-17(29)24/h4-5,7,10-12,23H,1-3,6,8-9H2,(H2,24,27,30)(H,25,26,28)/t10-,11+/m0/s1. The first-order chi connectivity index (χ1) is 15.2. The largest absolute Gasteiger partial charge is 0.493 e. The molecule has 32 heavy (non-hydrogen) atoms. The normalized spacial score (nSPS) is 21.6. The molecule has 2 aromatic rings. The van der Waals surface area contributed by atoms with Gasteiger partial charge in [0.25, 0.3) is 0 Å². The number of aromatic hydroxyl groups is 1. The van der Waals surface area contributed by atoms with E-state index in [0.717, 1.165) is 12.8 Å². The number of ether oxygens (including phenoxy) is 2.